The van der Waals surface area contributed by atoms with Crippen LogP contribution in [-0.2, 0) is 23.9 Å². The zero-order valence-electron chi connectivity index (χ0n) is 34.5. The molecule has 2 unspecified atom stereocenters. The average Bonchev–Trinajstić information content (AvgIpc) is 4.01. The van der Waals surface area contributed by atoms with Crippen LogP contribution in [-0.4, -0.2) is 124 Å². The van der Waals surface area contributed by atoms with Crippen molar-refractivity contribution in [2.45, 2.75) is 108 Å². The van der Waals surface area contributed by atoms with Crippen LogP contribution in [0.1, 0.15) is 78.7 Å². The second-order valence-corrected chi connectivity index (χ2v) is 20.5. The minimum atomic E-state index is -1.28. The van der Waals surface area contributed by atoms with Crippen LogP contribution in [0.5, 0.6) is 17.4 Å². The fourth-order valence-electron chi connectivity index (χ4n) is 8.75. The monoisotopic (exact) mass is 920 g/mol. The van der Waals surface area contributed by atoms with E-state index in [1.165, 1.54) is 11.3 Å². The number of ether oxygens (including phenoxy) is 5. The van der Waals surface area contributed by atoms with E-state index in [9.17, 15) is 24.3 Å². The number of morpholine rings is 1. The number of aromatic nitrogens is 1. The van der Waals surface area contributed by atoms with Crippen molar-refractivity contribution in [1.29, 1.82) is 0 Å². The standard InChI is InChI=1S/C42H59IN5O10/c1-7-27-22-42(27,39(51)52)43-46-37(49)31-20-29(23-48(31)38(50)36(41(4,5)6)45-40(53)58-28-18-25-17-26(25)19-28)57-33-21-34(55-8-2)44-35-24(3)32(10-9-30(33)35)56-16-13-47-11-14-54-15-12-47/h9-10,21,25-29,31,36H,7-8,11-20,22-23H2,1-6H3,(H,45,53)(H,46,49)(H,51,52)/q-1/t25-,26+,27-,28?,29?,31+,36-,42-/m1/s1. The van der Waals surface area contributed by atoms with Crippen molar-refractivity contribution in [1.82, 2.24) is 23.6 Å². The third-order valence-electron chi connectivity index (χ3n) is 12.4. The molecule has 2 aliphatic heterocycles. The van der Waals surface area contributed by atoms with Crippen LogP contribution in [0.25, 0.3) is 10.9 Å². The molecule has 3 saturated carbocycles. The summed E-state index contributed by atoms with van der Waals surface area (Å²) in [6, 6.07) is 3.57. The van der Waals surface area contributed by atoms with E-state index in [1.807, 2.05) is 53.7 Å². The number of nitrogens with one attached hydrogen (secondary N) is 2. The van der Waals surface area contributed by atoms with Crippen LogP contribution >= 0.6 is 0 Å². The molecule has 5 aliphatic rings. The molecular formula is C42H59IN5O10-. The summed E-state index contributed by atoms with van der Waals surface area (Å²) < 4.78 is 32.2. The van der Waals surface area contributed by atoms with Gasteiger partial charge in [-0.05, 0) is 6.42 Å². The zero-order valence-corrected chi connectivity index (χ0v) is 36.7. The van der Waals surface area contributed by atoms with Gasteiger partial charge in [-0.3, -0.25) is 4.90 Å². The summed E-state index contributed by atoms with van der Waals surface area (Å²) in [6.07, 6.45) is 2.84. The van der Waals surface area contributed by atoms with E-state index in [0.717, 1.165) is 56.6 Å². The van der Waals surface area contributed by atoms with Crippen LogP contribution in [0, 0.1) is 30.1 Å². The average molecular weight is 921 g/mol. The molecule has 3 heterocycles. The Balaban J connectivity index is 1.12. The van der Waals surface area contributed by atoms with Gasteiger partial charge in [0.2, 0.25) is 0 Å². The van der Waals surface area contributed by atoms with Gasteiger partial charge in [-0.2, -0.15) is 0 Å². The van der Waals surface area contributed by atoms with Gasteiger partial charge in [0, 0.05) is 19.6 Å². The number of aryl methyl sites for hydroxylation is 1. The Morgan fingerprint density at radius 1 is 1.03 bits per heavy atom. The summed E-state index contributed by atoms with van der Waals surface area (Å²) in [7, 11) is 0. The van der Waals surface area contributed by atoms with Gasteiger partial charge in [0.25, 0.3) is 0 Å². The SMILES string of the molecule is CCOc1cc(OC2C[C@@H](C(=O)N[I-][C@]3(C(=O)O)C[C@H]3CC)N(C(=O)[C@@H](NC(=O)OC3C[C@@H]4C[C@@H]4C3)C(C)(C)C)C2)c2ccc(OCCN3CCOCC3)c(C)c2n1. The van der Waals surface area contributed by atoms with Gasteiger partial charge in [-0.1, -0.05) is 0 Å². The second kappa shape index (κ2) is 17.5. The molecule has 0 radical (unpaired) electrons. The number of hydrogen-bond donors (Lipinski definition) is 3. The molecule has 320 valence electrons. The van der Waals surface area contributed by atoms with E-state index in [4.69, 9.17) is 28.7 Å². The van der Waals surface area contributed by atoms with Crippen LogP contribution in [0.3, 0.4) is 0 Å². The number of pyridine rings is 1. The number of halogens is 1. The number of carboxylic acid groups (broad SMARTS) is 1. The number of carboxylic acids is 1. The van der Waals surface area contributed by atoms with Crippen LogP contribution in [0.2, 0.25) is 0 Å². The van der Waals surface area contributed by atoms with Crippen LogP contribution < -0.4 is 44.5 Å². The number of benzene rings is 1. The van der Waals surface area contributed by atoms with Crippen LogP contribution in [0.15, 0.2) is 18.2 Å². The summed E-state index contributed by atoms with van der Waals surface area (Å²) in [5, 5.41) is 13.7. The van der Waals surface area contributed by atoms with Crippen molar-refractivity contribution in [2.75, 3.05) is 52.6 Å². The molecule has 1 aromatic carbocycles. The Morgan fingerprint density at radius 2 is 1.78 bits per heavy atom. The number of alkyl halides is 1. The Labute approximate surface area is 351 Å². The molecule has 8 atom stereocenters. The summed E-state index contributed by atoms with van der Waals surface area (Å²) in [5.41, 5.74) is 0.747. The van der Waals surface area contributed by atoms with Crippen molar-refractivity contribution in [2.24, 2.45) is 23.2 Å². The first kappa shape index (κ1) is 42.5. The van der Waals surface area contributed by atoms with Gasteiger partial charge >= 0.3 is 297 Å². The first-order chi connectivity index (χ1) is 27.7. The van der Waals surface area contributed by atoms with Crippen molar-refractivity contribution < 1.29 is 69.4 Å². The third kappa shape index (κ3) is 9.38. The Hall–Kier alpha value is -3.64. The Bertz CT molecular complexity index is 1860. The Kier molecular flexibility index (Phi) is 12.8. The number of fused-ring (bicyclic) bond motifs is 2. The van der Waals surface area contributed by atoms with Gasteiger partial charge < -0.3 is 4.74 Å². The molecule has 7 rings (SSSR count). The molecule has 2 saturated heterocycles. The van der Waals surface area contributed by atoms with Crippen molar-refractivity contribution >= 4 is 34.8 Å². The first-order valence-corrected chi connectivity index (χ1v) is 23.0. The van der Waals surface area contributed by atoms with Crippen molar-refractivity contribution in [3.63, 3.8) is 0 Å². The second-order valence-electron chi connectivity index (χ2n) is 17.5. The quantitative estimate of drug-likeness (QED) is 0.125. The molecule has 58 heavy (non-hydrogen) atoms. The molecule has 3 aliphatic carbocycles. The fourth-order valence-corrected chi connectivity index (χ4v) is 11.7. The fraction of sp³-hybridized carbons (Fsp3) is 0.690. The van der Waals surface area contributed by atoms with Gasteiger partial charge in [-0.15, -0.1) is 0 Å². The van der Waals surface area contributed by atoms with Crippen LogP contribution in [0.4, 0.5) is 4.79 Å². The number of carbonyl (C=O) groups excluding carboxylic acids is 3. The Morgan fingerprint density at radius 3 is 2.43 bits per heavy atom. The molecule has 0 bridgehead atoms. The van der Waals surface area contributed by atoms with E-state index in [0.29, 0.717) is 60.8 Å². The summed E-state index contributed by atoms with van der Waals surface area (Å²) >= 11 is -1.28. The predicted molar refractivity (Wildman–Crippen MR) is 209 cm³/mol. The van der Waals surface area contributed by atoms with E-state index in [1.54, 1.807) is 6.07 Å². The molecular weight excluding hydrogens is 861 g/mol. The van der Waals surface area contributed by atoms with E-state index in [2.05, 4.69) is 13.7 Å². The van der Waals surface area contributed by atoms with E-state index >= 15 is 0 Å². The van der Waals surface area contributed by atoms with Gasteiger partial charge in [0.05, 0.1) is 13.2 Å². The number of nitrogens with zero attached hydrogens (tertiary/aromatic N) is 3. The van der Waals surface area contributed by atoms with Gasteiger partial charge in [0.1, 0.15) is 6.61 Å². The van der Waals surface area contributed by atoms with Crippen molar-refractivity contribution in [3.8, 4) is 17.4 Å². The number of likely N-dealkylation sites (tertiary alicyclic amines) is 1. The molecule has 2 aromatic rings. The number of alkyl carbamates (subject to hydrolysis) is 1. The maximum absolute atomic E-state index is 14.7. The molecule has 0 spiro atoms. The van der Waals surface area contributed by atoms with E-state index in [-0.39, 0.29) is 25.0 Å². The first-order valence-electron chi connectivity index (χ1n) is 20.8. The molecule has 1 aromatic heterocycles. The molecule has 3 amide bonds. The van der Waals surface area contributed by atoms with E-state index < -0.39 is 72.4 Å². The minimum absolute atomic E-state index is 0.0143. The van der Waals surface area contributed by atoms with Gasteiger partial charge in [-0.25, -0.2) is 0 Å². The number of amides is 3. The number of hydrogen-bond acceptors (Lipinski definition) is 11. The van der Waals surface area contributed by atoms with Gasteiger partial charge in [0.15, 0.2) is 0 Å². The predicted octanol–water partition coefficient (Wildman–Crippen LogP) is 1.31. The van der Waals surface area contributed by atoms with Crippen molar-refractivity contribution in [3.05, 3.63) is 23.8 Å². The number of carbonyl (C=O) groups is 4. The third-order valence-corrected chi connectivity index (χ3v) is 15.9. The molecule has 15 nitrogen and oxygen atoms in total. The normalized spacial score (nSPS) is 28.4. The zero-order chi connectivity index (χ0) is 41.4. The summed E-state index contributed by atoms with van der Waals surface area (Å²) in [6.45, 7) is 16.3. The molecule has 5 fully saturated rings. The molecule has 16 heteroatoms. The molecule has 3 N–H and O–H groups in total. The maximum atomic E-state index is 14.7. The summed E-state index contributed by atoms with van der Waals surface area (Å²) in [4.78, 5) is 63.0. The summed E-state index contributed by atoms with van der Waals surface area (Å²) in [5.74, 6) is 1.08. The number of rotatable bonds is 16. The topological polar surface area (TPSA) is 178 Å². The number of aliphatic carboxylic acids is 1.